The predicted molar refractivity (Wildman–Crippen MR) is 114 cm³/mol. The molecule has 6 nitrogen and oxygen atoms in total. The lowest BCUT2D eigenvalue weighted by Gasteiger charge is -2.16. The molecule has 2 amide bonds. The molecule has 3 aromatic rings. The lowest BCUT2D eigenvalue weighted by Crippen LogP contribution is -2.20. The van der Waals surface area contributed by atoms with E-state index in [0.29, 0.717) is 29.4 Å². The standard InChI is InChI=1S/C22H21F3N4O2/c1-3-26-20-12-14(10-11-27-20)18-9-6-16(13-19(18)22(23,24)25)29-21(30)28-15-4-7-17(31-2)8-5-15/h4-13H,3H2,1-2H3,(H,26,27)(H2,28,29,30). The van der Waals surface area contributed by atoms with Crippen LogP contribution in [0.2, 0.25) is 0 Å². The van der Waals surface area contributed by atoms with Gasteiger partial charge in [0.1, 0.15) is 11.6 Å². The van der Waals surface area contributed by atoms with Crippen molar-refractivity contribution in [2.45, 2.75) is 13.1 Å². The van der Waals surface area contributed by atoms with Gasteiger partial charge in [0.05, 0.1) is 12.7 Å². The number of nitrogens with one attached hydrogen (secondary N) is 3. The van der Waals surface area contributed by atoms with E-state index in [1.807, 2.05) is 6.92 Å². The number of methoxy groups -OCH3 is 1. The van der Waals surface area contributed by atoms with E-state index >= 15 is 0 Å². The largest absolute Gasteiger partial charge is 0.497 e. The molecule has 0 aliphatic carbocycles. The minimum absolute atomic E-state index is 0.00448. The van der Waals surface area contributed by atoms with Crippen molar-refractivity contribution in [2.24, 2.45) is 0 Å². The first-order valence-corrected chi connectivity index (χ1v) is 9.43. The molecule has 2 aromatic carbocycles. The second-order valence-electron chi connectivity index (χ2n) is 6.53. The molecule has 1 heterocycles. The Kier molecular flexibility index (Phi) is 6.64. The SMILES string of the molecule is CCNc1cc(-c2ccc(NC(=O)Nc3ccc(OC)cc3)cc2C(F)(F)F)ccn1. The molecule has 162 valence electrons. The number of aromatic nitrogens is 1. The monoisotopic (exact) mass is 430 g/mol. The zero-order valence-corrected chi connectivity index (χ0v) is 16.9. The van der Waals surface area contributed by atoms with Crippen LogP contribution in [0.25, 0.3) is 11.1 Å². The molecule has 0 bridgehead atoms. The van der Waals surface area contributed by atoms with Gasteiger partial charge in [-0.3, -0.25) is 0 Å². The van der Waals surface area contributed by atoms with Crippen molar-refractivity contribution in [1.82, 2.24) is 4.98 Å². The van der Waals surface area contributed by atoms with E-state index in [2.05, 4.69) is 20.9 Å². The minimum Gasteiger partial charge on any atom is -0.497 e. The van der Waals surface area contributed by atoms with Crippen molar-refractivity contribution in [3.05, 3.63) is 66.4 Å². The van der Waals surface area contributed by atoms with Gasteiger partial charge in [-0.1, -0.05) is 6.07 Å². The number of benzene rings is 2. The summed E-state index contributed by atoms with van der Waals surface area (Å²) in [6.45, 7) is 2.46. The lowest BCUT2D eigenvalue weighted by atomic mass is 9.99. The van der Waals surface area contributed by atoms with Crippen LogP contribution in [0.4, 0.5) is 35.2 Å². The second-order valence-corrected chi connectivity index (χ2v) is 6.53. The number of alkyl halides is 3. The van der Waals surface area contributed by atoms with Gasteiger partial charge < -0.3 is 20.7 Å². The number of nitrogens with zero attached hydrogens (tertiary/aromatic N) is 1. The maximum Gasteiger partial charge on any atom is 0.417 e. The molecule has 0 fully saturated rings. The summed E-state index contributed by atoms with van der Waals surface area (Å²) in [6.07, 6.45) is -3.16. The van der Waals surface area contributed by atoms with Crippen LogP contribution >= 0.6 is 0 Å². The highest BCUT2D eigenvalue weighted by Crippen LogP contribution is 2.39. The van der Waals surface area contributed by atoms with Gasteiger partial charge in [-0.2, -0.15) is 13.2 Å². The van der Waals surface area contributed by atoms with Crippen molar-refractivity contribution in [2.75, 3.05) is 29.6 Å². The minimum atomic E-state index is -4.61. The highest BCUT2D eigenvalue weighted by atomic mass is 19.4. The Morgan fingerprint density at radius 3 is 2.32 bits per heavy atom. The van der Waals surface area contributed by atoms with Crippen molar-refractivity contribution < 1.29 is 22.7 Å². The molecule has 3 N–H and O–H groups in total. The zero-order chi connectivity index (χ0) is 22.4. The maximum absolute atomic E-state index is 13.7. The molecule has 0 saturated carbocycles. The third-order valence-corrected chi connectivity index (χ3v) is 4.36. The third kappa shape index (κ3) is 5.65. The molecule has 0 unspecified atom stereocenters. The van der Waals surface area contributed by atoms with Crippen molar-refractivity contribution in [1.29, 1.82) is 0 Å². The van der Waals surface area contributed by atoms with Crippen molar-refractivity contribution in [3.63, 3.8) is 0 Å². The third-order valence-electron chi connectivity index (χ3n) is 4.36. The van der Waals surface area contributed by atoms with Gasteiger partial charge >= 0.3 is 12.2 Å². The molecule has 0 aliphatic heterocycles. The number of ether oxygens (including phenoxy) is 1. The van der Waals surface area contributed by atoms with Crippen LogP contribution < -0.4 is 20.7 Å². The van der Waals surface area contributed by atoms with E-state index in [1.165, 1.54) is 31.5 Å². The number of hydrogen-bond acceptors (Lipinski definition) is 4. The lowest BCUT2D eigenvalue weighted by molar-refractivity contribution is -0.137. The number of hydrogen-bond donors (Lipinski definition) is 3. The number of anilines is 3. The first-order valence-electron chi connectivity index (χ1n) is 9.43. The Morgan fingerprint density at radius 2 is 1.68 bits per heavy atom. The summed E-state index contributed by atoms with van der Waals surface area (Å²) < 4.78 is 46.3. The van der Waals surface area contributed by atoms with Gasteiger partial charge in [0.2, 0.25) is 0 Å². The Hall–Kier alpha value is -3.75. The van der Waals surface area contributed by atoms with Crippen molar-refractivity contribution in [3.8, 4) is 16.9 Å². The van der Waals surface area contributed by atoms with E-state index < -0.39 is 17.8 Å². The molecule has 0 spiro atoms. The maximum atomic E-state index is 13.7. The van der Waals surface area contributed by atoms with Crippen LogP contribution in [0, 0.1) is 0 Å². The Balaban J connectivity index is 1.84. The predicted octanol–water partition coefficient (Wildman–Crippen LogP) is 5.85. The molecule has 0 atom stereocenters. The summed E-state index contributed by atoms with van der Waals surface area (Å²) in [4.78, 5) is 16.3. The molecule has 1 aromatic heterocycles. The van der Waals surface area contributed by atoms with E-state index in [-0.39, 0.29) is 11.3 Å². The van der Waals surface area contributed by atoms with Crippen LogP contribution in [0.3, 0.4) is 0 Å². The number of carbonyl (C=O) groups is 1. The summed E-state index contributed by atoms with van der Waals surface area (Å²) in [7, 11) is 1.52. The summed E-state index contributed by atoms with van der Waals surface area (Å²) in [5, 5.41) is 7.98. The second kappa shape index (κ2) is 9.38. The van der Waals surface area contributed by atoms with Crippen molar-refractivity contribution >= 4 is 23.2 Å². The van der Waals surface area contributed by atoms with Gasteiger partial charge in [-0.05, 0) is 66.6 Å². The molecule has 0 aliphatic rings. The number of amides is 2. The van der Waals surface area contributed by atoms with E-state index in [9.17, 15) is 18.0 Å². The van der Waals surface area contributed by atoms with Crippen LogP contribution in [0.15, 0.2) is 60.8 Å². The fourth-order valence-corrected chi connectivity index (χ4v) is 2.95. The summed E-state index contributed by atoms with van der Waals surface area (Å²) in [5.74, 6) is 1.10. The van der Waals surface area contributed by atoms with Crippen LogP contribution in [0.5, 0.6) is 5.75 Å². The molecular weight excluding hydrogens is 409 g/mol. The Labute approximate surface area is 177 Å². The number of pyridine rings is 1. The fraction of sp³-hybridized carbons (Fsp3) is 0.182. The van der Waals surface area contributed by atoms with Crippen LogP contribution in [-0.2, 0) is 6.18 Å². The quantitative estimate of drug-likeness (QED) is 0.458. The number of carbonyl (C=O) groups excluding carboxylic acids is 1. The van der Waals surface area contributed by atoms with Gasteiger partial charge in [-0.25, -0.2) is 9.78 Å². The highest BCUT2D eigenvalue weighted by molar-refractivity contribution is 6.00. The Bertz CT molecular complexity index is 1050. The van der Waals surface area contributed by atoms with Crippen LogP contribution in [-0.4, -0.2) is 24.7 Å². The van der Waals surface area contributed by atoms with E-state index in [1.54, 1.807) is 30.3 Å². The van der Waals surface area contributed by atoms with Gasteiger partial charge in [0, 0.05) is 24.1 Å². The Morgan fingerprint density at radius 1 is 1.00 bits per heavy atom. The molecular formula is C22H21F3N4O2. The molecule has 0 saturated heterocycles. The number of halogens is 3. The first kappa shape index (κ1) is 21.9. The molecule has 3 rings (SSSR count). The smallest absolute Gasteiger partial charge is 0.417 e. The average molecular weight is 430 g/mol. The summed E-state index contributed by atoms with van der Waals surface area (Å²) in [6, 6.07) is 12.6. The highest BCUT2D eigenvalue weighted by Gasteiger charge is 2.34. The molecule has 31 heavy (non-hydrogen) atoms. The number of rotatable bonds is 6. The zero-order valence-electron chi connectivity index (χ0n) is 16.9. The molecule has 0 radical (unpaired) electrons. The topological polar surface area (TPSA) is 75.3 Å². The van der Waals surface area contributed by atoms with E-state index in [0.717, 1.165) is 6.07 Å². The van der Waals surface area contributed by atoms with Gasteiger partial charge in [0.25, 0.3) is 0 Å². The average Bonchev–Trinajstić information content (AvgIpc) is 2.74. The van der Waals surface area contributed by atoms with Crippen LogP contribution in [0.1, 0.15) is 12.5 Å². The first-order chi connectivity index (χ1) is 14.8. The van der Waals surface area contributed by atoms with Gasteiger partial charge in [-0.15, -0.1) is 0 Å². The summed E-state index contributed by atoms with van der Waals surface area (Å²) in [5.41, 5.74) is -0.00664. The summed E-state index contributed by atoms with van der Waals surface area (Å²) >= 11 is 0. The molecule has 9 heteroatoms. The fourth-order valence-electron chi connectivity index (χ4n) is 2.95. The number of urea groups is 1. The van der Waals surface area contributed by atoms with E-state index in [4.69, 9.17) is 4.74 Å². The normalized spacial score (nSPS) is 11.0. The van der Waals surface area contributed by atoms with Gasteiger partial charge in [0.15, 0.2) is 0 Å².